The van der Waals surface area contributed by atoms with Crippen molar-refractivity contribution in [2.45, 2.75) is 19.3 Å². The van der Waals surface area contributed by atoms with Crippen molar-refractivity contribution in [1.82, 2.24) is 19.9 Å². The van der Waals surface area contributed by atoms with Gasteiger partial charge in [-0.15, -0.1) is 0 Å². The number of carbonyl (C=O) groups excluding carboxylic acids is 1. The van der Waals surface area contributed by atoms with Crippen LogP contribution in [0.15, 0.2) is 60.8 Å². The summed E-state index contributed by atoms with van der Waals surface area (Å²) in [7, 11) is 0. The van der Waals surface area contributed by atoms with Crippen LogP contribution in [0.5, 0.6) is 0 Å². The zero-order valence-electron chi connectivity index (χ0n) is 14.0. The Kier molecular flexibility index (Phi) is 4.29. The van der Waals surface area contributed by atoms with Crippen LogP contribution in [-0.2, 0) is 24.1 Å². The average Bonchev–Trinajstić information content (AvgIpc) is 3.00. The maximum atomic E-state index is 12.7. The van der Waals surface area contributed by atoms with Gasteiger partial charge in [0.1, 0.15) is 0 Å². The second-order valence-corrected chi connectivity index (χ2v) is 6.29. The fourth-order valence-corrected chi connectivity index (χ4v) is 3.25. The summed E-state index contributed by atoms with van der Waals surface area (Å²) in [4.78, 5) is 16.2. The summed E-state index contributed by atoms with van der Waals surface area (Å²) in [6.07, 6.45) is 3.80. The largest absolute Gasteiger partial charge is 0.342 e. The number of fused-ring (bicyclic) bond motifs is 1. The summed E-state index contributed by atoms with van der Waals surface area (Å²) in [5.41, 5.74) is 4.31. The lowest BCUT2D eigenvalue weighted by molar-refractivity contribution is -0.130. The zero-order chi connectivity index (χ0) is 17.1. The Balaban J connectivity index is 1.42. The lowest BCUT2D eigenvalue weighted by Gasteiger charge is -2.19. The van der Waals surface area contributed by atoms with Crippen LogP contribution in [0.1, 0.15) is 16.8 Å². The molecule has 1 aliphatic rings. The molecule has 0 aliphatic carbocycles. The molecule has 0 spiro atoms. The van der Waals surface area contributed by atoms with Gasteiger partial charge in [-0.05, 0) is 36.1 Å². The number of amides is 1. The molecule has 5 nitrogen and oxygen atoms in total. The predicted molar refractivity (Wildman–Crippen MR) is 95.5 cm³/mol. The SMILES string of the molecule is O=C(Cc1cnn(-c2ccccc2)n1)N1CCc2ccccc2CC1. The Bertz CT molecular complexity index is 845. The molecule has 0 saturated heterocycles. The summed E-state index contributed by atoms with van der Waals surface area (Å²) in [6, 6.07) is 18.2. The van der Waals surface area contributed by atoms with E-state index in [2.05, 4.69) is 34.5 Å². The van der Waals surface area contributed by atoms with Gasteiger partial charge in [0.25, 0.3) is 0 Å². The number of nitrogens with zero attached hydrogens (tertiary/aromatic N) is 4. The normalized spacial score (nSPS) is 14.0. The van der Waals surface area contributed by atoms with Crippen molar-refractivity contribution in [3.63, 3.8) is 0 Å². The van der Waals surface area contributed by atoms with Crippen LogP contribution in [0.25, 0.3) is 5.69 Å². The van der Waals surface area contributed by atoms with Crippen LogP contribution in [-0.4, -0.2) is 38.9 Å². The van der Waals surface area contributed by atoms with E-state index in [4.69, 9.17) is 0 Å². The maximum Gasteiger partial charge on any atom is 0.228 e. The van der Waals surface area contributed by atoms with E-state index in [1.807, 2.05) is 35.2 Å². The van der Waals surface area contributed by atoms with E-state index in [0.717, 1.165) is 31.6 Å². The van der Waals surface area contributed by atoms with E-state index >= 15 is 0 Å². The van der Waals surface area contributed by atoms with Gasteiger partial charge in [0.05, 0.1) is 24.0 Å². The molecule has 126 valence electrons. The van der Waals surface area contributed by atoms with Gasteiger partial charge in [-0.2, -0.15) is 15.0 Å². The first-order chi connectivity index (χ1) is 12.3. The molecule has 0 radical (unpaired) electrons. The molecule has 1 amide bonds. The van der Waals surface area contributed by atoms with Gasteiger partial charge in [0.15, 0.2) is 0 Å². The average molecular weight is 332 g/mol. The molecular formula is C20H20N4O. The molecule has 1 aliphatic heterocycles. The Morgan fingerprint density at radius 3 is 2.24 bits per heavy atom. The summed E-state index contributed by atoms with van der Waals surface area (Å²) in [5, 5.41) is 8.71. The van der Waals surface area contributed by atoms with Crippen LogP contribution in [0.2, 0.25) is 0 Å². The third kappa shape index (κ3) is 3.45. The van der Waals surface area contributed by atoms with Crippen molar-refractivity contribution in [2.24, 2.45) is 0 Å². The number of hydrogen-bond acceptors (Lipinski definition) is 3. The van der Waals surface area contributed by atoms with Crippen LogP contribution in [0.4, 0.5) is 0 Å². The summed E-state index contributed by atoms with van der Waals surface area (Å²) in [5.74, 6) is 0.118. The first-order valence-electron chi connectivity index (χ1n) is 8.61. The van der Waals surface area contributed by atoms with Crippen molar-refractivity contribution in [3.8, 4) is 5.69 Å². The van der Waals surface area contributed by atoms with E-state index in [0.29, 0.717) is 12.1 Å². The van der Waals surface area contributed by atoms with Crippen molar-refractivity contribution in [1.29, 1.82) is 0 Å². The highest BCUT2D eigenvalue weighted by molar-refractivity contribution is 5.78. The highest BCUT2D eigenvalue weighted by atomic mass is 16.2. The van der Waals surface area contributed by atoms with Crippen molar-refractivity contribution < 1.29 is 4.79 Å². The molecule has 0 N–H and O–H groups in total. The predicted octanol–water partition coefficient (Wildman–Crippen LogP) is 2.44. The standard InChI is InChI=1S/C20H20N4O/c25-20(23-12-10-16-6-4-5-7-17(16)11-13-23)14-18-15-21-24(22-18)19-8-2-1-3-9-19/h1-9,15H,10-14H2. The number of rotatable bonds is 3. The molecule has 5 heteroatoms. The second-order valence-electron chi connectivity index (χ2n) is 6.29. The summed E-state index contributed by atoms with van der Waals surface area (Å²) < 4.78 is 0. The fourth-order valence-electron chi connectivity index (χ4n) is 3.25. The third-order valence-electron chi connectivity index (χ3n) is 4.63. The van der Waals surface area contributed by atoms with E-state index in [1.54, 1.807) is 11.0 Å². The lowest BCUT2D eigenvalue weighted by Crippen LogP contribution is -2.34. The lowest BCUT2D eigenvalue weighted by atomic mass is 10.0. The number of para-hydroxylation sites is 1. The number of benzene rings is 2. The van der Waals surface area contributed by atoms with Crippen LogP contribution in [0, 0.1) is 0 Å². The van der Waals surface area contributed by atoms with Crippen molar-refractivity contribution in [2.75, 3.05) is 13.1 Å². The van der Waals surface area contributed by atoms with E-state index < -0.39 is 0 Å². The van der Waals surface area contributed by atoms with E-state index in [-0.39, 0.29) is 5.91 Å². The fraction of sp³-hybridized carbons (Fsp3) is 0.250. The van der Waals surface area contributed by atoms with Gasteiger partial charge in [-0.1, -0.05) is 42.5 Å². The first kappa shape index (κ1) is 15.6. The van der Waals surface area contributed by atoms with E-state index in [1.165, 1.54) is 11.1 Å². The van der Waals surface area contributed by atoms with Crippen molar-refractivity contribution in [3.05, 3.63) is 77.6 Å². The molecule has 2 aromatic carbocycles. The third-order valence-corrected chi connectivity index (χ3v) is 4.63. The Morgan fingerprint density at radius 2 is 1.56 bits per heavy atom. The molecule has 0 saturated carbocycles. The molecule has 3 aromatic rings. The van der Waals surface area contributed by atoms with Crippen molar-refractivity contribution >= 4 is 5.91 Å². The zero-order valence-corrected chi connectivity index (χ0v) is 14.0. The quantitative estimate of drug-likeness (QED) is 0.740. The minimum Gasteiger partial charge on any atom is -0.342 e. The van der Waals surface area contributed by atoms with Gasteiger partial charge in [0, 0.05) is 13.1 Å². The molecule has 1 aromatic heterocycles. The van der Waals surface area contributed by atoms with Crippen LogP contribution in [0.3, 0.4) is 0 Å². The molecule has 0 unspecified atom stereocenters. The number of hydrogen-bond donors (Lipinski definition) is 0. The molecule has 25 heavy (non-hydrogen) atoms. The number of aromatic nitrogens is 3. The highest BCUT2D eigenvalue weighted by Crippen LogP contribution is 2.16. The van der Waals surface area contributed by atoms with Crippen LogP contribution >= 0.6 is 0 Å². The number of carbonyl (C=O) groups is 1. The minimum atomic E-state index is 0.118. The Labute approximate surface area is 146 Å². The summed E-state index contributed by atoms with van der Waals surface area (Å²) in [6.45, 7) is 1.53. The smallest absolute Gasteiger partial charge is 0.228 e. The van der Waals surface area contributed by atoms with Gasteiger partial charge in [-0.3, -0.25) is 4.79 Å². The molecular weight excluding hydrogens is 312 g/mol. The van der Waals surface area contributed by atoms with E-state index in [9.17, 15) is 4.79 Å². The maximum absolute atomic E-state index is 12.7. The van der Waals surface area contributed by atoms with Gasteiger partial charge < -0.3 is 4.90 Å². The van der Waals surface area contributed by atoms with Crippen LogP contribution < -0.4 is 0 Å². The monoisotopic (exact) mass is 332 g/mol. The van der Waals surface area contributed by atoms with Gasteiger partial charge in [-0.25, -0.2) is 0 Å². The minimum absolute atomic E-state index is 0.118. The molecule has 0 bridgehead atoms. The molecule has 0 atom stereocenters. The second kappa shape index (κ2) is 6.89. The molecule has 2 heterocycles. The first-order valence-corrected chi connectivity index (χ1v) is 8.61. The topological polar surface area (TPSA) is 51.0 Å². The van der Waals surface area contributed by atoms with Gasteiger partial charge in [0.2, 0.25) is 5.91 Å². The molecule has 4 rings (SSSR count). The van der Waals surface area contributed by atoms with Gasteiger partial charge >= 0.3 is 0 Å². The Morgan fingerprint density at radius 1 is 0.920 bits per heavy atom. The summed E-state index contributed by atoms with van der Waals surface area (Å²) >= 11 is 0. The molecule has 0 fully saturated rings. The highest BCUT2D eigenvalue weighted by Gasteiger charge is 2.19. The Hall–Kier alpha value is -2.95.